The summed E-state index contributed by atoms with van der Waals surface area (Å²) in [5.41, 5.74) is 0. The van der Waals surface area contributed by atoms with Crippen LogP contribution in [0.5, 0.6) is 0 Å². The summed E-state index contributed by atoms with van der Waals surface area (Å²) in [6.45, 7) is 4.68. The number of amides is 2. The minimum atomic E-state index is -2.90. The summed E-state index contributed by atoms with van der Waals surface area (Å²) in [4.78, 5) is 27.8. The Kier molecular flexibility index (Phi) is 5.81. The van der Waals surface area contributed by atoms with Crippen LogP contribution in [0.2, 0.25) is 0 Å². The second-order valence-electron chi connectivity index (χ2n) is 7.18. The van der Waals surface area contributed by atoms with Gasteiger partial charge in [0.1, 0.15) is 0 Å². The van der Waals surface area contributed by atoms with E-state index in [1.165, 1.54) is 11.0 Å². The SMILES string of the molecule is C=CC(=O)N1CCCC(C(=O)N2CCC(Cc3nn[nH]n3)C(F)(F)CC2)C1. The molecule has 10 heteroatoms. The fourth-order valence-corrected chi connectivity index (χ4v) is 3.85. The van der Waals surface area contributed by atoms with E-state index in [0.29, 0.717) is 19.5 Å². The molecule has 2 aliphatic heterocycles. The predicted octanol–water partition coefficient (Wildman–Crippen LogP) is 1.04. The number of likely N-dealkylation sites (tertiary alicyclic amines) is 2. The third-order valence-corrected chi connectivity index (χ3v) is 5.45. The Balaban J connectivity index is 1.63. The van der Waals surface area contributed by atoms with Crippen molar-refractivity contribution in [1.82, 2.24) is 30.4 Å². The first-order valence-corrected chi connectivity index (χ1v) is 9.21. The first-order valence-electron chi connectivity index (χ1n) is 9.21. The van der Waals surface area contributed by atoms with Gasteiger partial charge in [0, 0.05) is 44.9 Å². The molecule has 0 saturated carbocycles. The van der Waals surface area contributed by atoms with Crippen LogP contribution in [0.15, 0.2) is 12.7 Å². The lowest BCUT2D eigenvalue weighted by Gasteiger charge is -2.34. The number of aromatic nitrogens is 4. The van der Waals surface area contributed by atoms with E-state index in [1.54, 1.807) is 4.90 Å². The van der Waals surface area contributed by atoms with Gasteiger partial charge in [0.05, 0.1) is 5.92 Å². The number of carbonyl (C=O) groups excluding carboxylic acids is 2. The molecule has 0 aromatic carbocycles. The third-order valence-electron chi connectivity index (χ3n) is 5.45. The molecule has 2 unspecified atom stereocenters. The maximum absolute atomic E-state index is 14.5. The van der Waals surface area contributed by atoms with Crippen LogP contribution >= 0.6 is 0 Å². The van der Waals surface area contributed by atoms with E-state index in [1.807, 2.05) is 0 Å². The molecule has 0 bridgehead atoms. The van der Waals surface area contributed by atoms with Crippen molar-refractivity contribution in [3.05, 3.63) is 18.5 Å². The minimum absolute atomic E-state index is 0.0144. The Morgan fingerprint density at radius 1 is 1.26 bits per heavy atom. The lowest BCUT2D eigenvalue weighted by atomic mass is 9.92. The summed E-state index contributed by atoms with van der Waals surface area (Å²) in [5.74, 6) is -4.26. The zero-order valence-electron chi connectivity index (χ0n) is 15.1. The van der Waals surface area contributed by atoms with E-state index in [0.717, 1.165) is 6.42 Å². The van der Waals surface area contributed by atoms with E-state index in [2.05, 4.69) is 27.2 Å². The number of rotatable bonds is 4. The van der Waals surface area contributed by atoms with Crippen molar-refractivity contribution >= 4 is 11.8 Å². The number of hydrogen-bond acceptors (Lipinski definition) is 5. The van der Waals surface area contributed by atoms with Crippen LogP contribution in [0.3, 0.4) is 0 Å². The average molecular weight is 382 g/mol. The summed E-state index contributed by atoms with van der Waals surface area (Å²) in [7, 11) is 0. The summed E-state index contributed by atoms with van der Waals surface area (Å²) < 4.78 is 29.1. The summed E-state index contributed by atoms with van der Waals surface area (Å²) in [5, 5.41) is 13.2. The molecule has 1 N–H and O–H groups in total. The standard InChI is InChI=1S/C17H24F2N6O2/c1-2-15(26)25-7-3-4-12(11-25)16(27)24-8-5-13(17(18,19)6-9-24)10-14-20-22-23-21-14/h2,12-13H,1,3-11H2,(H,20,21,22,23). The van der Waals surface area contributed by atoms with Crippen LogP contribution in [0.25, 0.3) is 0 Å². The first-order chi connectivity index (χ1) is 12.9. The number of tetrazole rings is 1. The number of hydrogen-bond donors (Lipinski definition) is 1. The number of halogens is 2. The van der Waals surface area contributed by atoms with Crippen molar-refractivity contribution in [2.75, 3.05) is 26.2 Å². The van der Waals surface area contributed by atoms with Gasteiger partial charge in [-0.15, -0.1) is 10.2 Å². The van der Waals surface area contributed by atoms with E-state index < -0.39 is 11.8 Å². The number of nitrogens with zero attached hydrogens (tertiary/aromatic N) is 5. The summed E-state index contributed by atoms with van der Waals surface area (Å²) in [6, 6.07) is 0. The molecule has 2 fully saturated rings. The van der Waals surface area contributed by atoms with Crippen LogP contribution in [0, 0.1) is 11.8 Å². The van der Waals surface area contributed by atoms with Crippen LogP contribution in [0.1, 0.15) is 31.5 Å². The normalized spacial score (nSPS) is 25.7. The van der Waals surface area contributed by atoms with Crippen LogP contribution in [0.4, 0.5) is 8.78 Å². The first kappa shape index (κ1) is 19.4. The van der Waals surface area contributed by atoms with Crippen LogP contribution in [-0.2, 0) is 16.0 Å². The van der Waals surface area contributed by atoms with Gasteiger partial charge < -0.3 is 9.80 Å². The van der Waals surface area contributed by atoms with Crippen molar-refractivity contribution in [1.29, 1.82) is 0 Å². The van der Waals surface area contributed by atoms with Crippen molar-refractivity contribution in [3.63, 3.8) is 0 Å². The van der Waals surface area contributed by atoms with Crippen molar-refractivity contribution in [2.45, 2.75) is 38.0 Å². The lowest BCUT2D eigenvalue weighted by molar-refractivity contribution is -0.139. The molecule has 148 valence electrons. The molecule has 2 amide bonds. The molecule has 1 aromatic heterocycles. The molecular formula is C17H24F2N6O2. The molecule has 0 aliphatic carbocycles. The molecule has 2 atom stereocenters. The van der Waals surface area contributed by atoms with Gasteiger partial charge in [0.2, 0.25) is 11.8 Å². The second-order valence-corrected chi connectivity index (χ2v) is 7.18. The fraction of sp³-hybridized carbons (Fsp3) is 0.706. The van der Waals surface area contributed by atoms with Gasteiger partial charge >= 0.3 is 0 Å². The molecule has 3 rings (SSSR count). The largest absolute Gasteiger partial charge is 0.342 e. The average Bonchev–Trinajstić information content (AvgIpc) is 3.13. The lowest BCUT2D eigenvalue weighted by Crippen LogP contribution is -2.46. The van der Waals surface area contributed by atoms with E-state index in [9.17, 15) is 18.4 Å². The van der Waals surface area contributed by atoms with Gasteiger partial charge in [-0.1, -0.05) is 11.8 Å². The van der Waals surface area contributed by atoms with Gasteiger partial charge in [0.25, 0.3) is 5.92 Å². The van der Waals surface area contributed by atoms with Crippen molar-refractivity contribution in [3.8, 4) is 0 Å². The molecule has 1 aromatic rings. The molecule has 2 aliphatic rings. The summed E-state index contributed by atoms with van der Waals surface area (Å²) in [6.07, 6.45) is 2.44. The maximum atomic E-state index is 14.5. The Hall–Kier alpha value is -2.39. The molecule has 8 nitrogen and oxygen atoms in total. The zero-order valence-corrected chi connectivity index (χ0v) is 15.1. The highest BCUT2D eigenvalue weighted by molar-refractivity contribution is 5.88. The fourth-order valence-electron chi connectivity index (χ4n) is 3.85. The molecule has 3 heterocycles. The van der Waals surface area contributed by atoms with Gasteiger partial charge in [-0.25, -0.2) is 8.78 Å². The van der Waals surface area contributed by atoms with Gasteiger partial charge in [0.15, 0.2) is 5.82 Å². The molecule has 2 saturated heterocycles. The van der Waals surface area contributed by atoms with E-state index in [4.69, 9.17) is 0 Å². The Morgan fingerprint density at radius 3 is 2.78 bits per heavy atom. The number of aromatic amines is 1. The molecule has 27 heavy (non-hydrogen) atoms. The quantitative estimate of drug-likeness (QED) is 0.785. The summed E-state index contributed by atoms with van der Waals surface area (Å²) >= 11 is 0. The van der Waals surface area contributed by atoms with Gasteiger partial charge in [-0.05, 0) is 25.3 Å². The van der Waals surface area contributed by atoms with E-state index >= 15 is 0 Å². The molecule has 0 radical (unpaired) electrons. The Morgan fingerprint density at radius 2 is 2.07 bits per heavy atom. The van der Waals surface area contributed by atoms with Crippen molar-refractivity contribution < 1.29 is 18.4 Å². The number of nitrogens with one attached hydrogen (secondary N) is 1. The molecule has 0 spiro atoms. The highest BCUT2D eigenvalue weighted by atomic mass is 19.3. The smallest absolute Gasteiger partial charge is 0.253 e. The monoisotopic (exact) mass is 382 g/mol. The topological polar surface area (TPSA) is 95.1 Å². The highest BCUT2D eigenvalue weighted by Crippen LogP contribution is 2.36. The number of carbonyl (C=O) groups is 2. The van der Waals surface area contributed by atoms with E-state index in [-0.39, 0.29) is 55.9 Å². The third kappa shape index (κ3) is 4.48. The van der Waals surface area contributed by atoms with Gasteiger partial charge in [-0.2, -0.15) is 5.21 Å². The maximum Gasteiger partial charge on any atom is 0.253 e. The van der Waals surface area contributed by atoms with Gasteiger partial charge in [-0.3, -0.25) is 9.59 Å². The van der Waals surface area contributed by atoms with Crippen LogP contribution < -0.4 is 0 Å². The second kappa shape index (κ2) is 8.10. The number of piperidine rings is 1. The Bertz CT molecular complexity index is 681. The van der Waals surface area contributed by atoms with Crippen LogP contribution in [-0.4, -0.2) is 74.3 Å². The van der Waals surface area contributed by atoms with Crippen molar-refractivity contribution in [2.24, 2.45) is 11.8 Å². The zero-order chi connectivity index (χ0) is 19.4. The number of H-pyrrole nitrogens is 1. The predicted molar refractivity (Wildman–Crippen MR) is 91.6 cm³/mol. The highest BCUT2D eigenvalue weighted by Gasteiger charge is 2.43. The minimum Gasteiger partial charge on any atom is -0.342 e. The number of alkyl halides is 2. The molecular weight excluding hydrogens is 358 g/mol. The Labute approximate surface area is 156 Å².